The van der Waals surface area contributed by atoms with E-state index in [-0.39, 0.29) is 18.0 Å². The van der Waals surface area contributed by atoms with Crippen LogP contribution in [0.2, 0.25) is 0 Å². The van der Waals surface area contributed by atoms with Gasteiger partial charge in [-0.15, -0.1) is 11.3 Å². The van der Waals surface area contributed by atoms with Crippen LogP contribution in [0, 0.1) is 6.92 Å². The van der Waals surface area contributed by atoms with Gasteiger partial charge in [-0.25, -0.2) is 9.67 Å². The summed E-state index contributed by atoms with van der Waals surface area (Å²) in [6.45, 7) is 3.74. The number of hydrogen-bond donors (Lipinski definition) is 1. The highest BCUT2D eigenvalue weighted by atomic mass is 32.1. The van der Waals surface area contributed by atoms with Gasteiger partial charge in [-0.2, -0.15) is 5.10 Å². The summed E-state index contributed by atoms with van der Waals surface area (Å²) in [5, 5.41) is 8.11. The average Bonchev–Trinajstić information content (AvgIpc) is 3.18. The summed E-state index contributed by atoms with van der Waals surface area (Å²) < 4.78 is 7.04. The van der Waals surface area contributed by atoms with E-state index >= 15 is 0 Å². The number of carbonyl (C=O) groups is 1. The Labute approximate surface area is 183 Å². The Morgan fingerprint density at radius 2 is 1.84 bits per heavy atom. The van der Waals surface area contributed by atoms with E-state index in [0.29, 0.717) is 22.6 Å². The number of anilines is 1. The second-order valence-corrected chi connectivity index (χ2v) is 8.25. The maximum Gasteiger partial charge on any atom is 0.294 e. The Balaban J connectivity index is 1.69. The molecule has 4 rings (SSSR count). The van der Waals surface area contributed by atoms with Crippen LogP contribution in [0.4, 0.5) is 5.69 Å². The van der Waals surface area contributed by atoms with Gasteiger partial charge in [0.15, 0.2) is 5.52 Å². The predicted molar refractivity (Wildman–Crippen MR) is 123 cm³/mol. The van der Waals surface area contributed by atoms with Gasteiger partial charge in [-0.1, -0.05) is 31.2 Å². The van der Waals surface area contributed by atoms with Crippen molar-refractivity contribution >= 4 is 33.1 Å². The number of amides is 1. The fourth-order valence-corrected chi connectivity index (χ4v) is 4.19. The third kappa shape index (κ3) is 4.34. The number of hydrogen-bond acceptors (Lipinski definition) is 6. The monoisotopic (exact) mass is 434 g/mol. The van der Waals surface area contributed by atoms with Crippen molar-refractivity contribution in [3.8, 4) is 17.0 Å². The molecule has 0 aliphatic rings. The normalized spacial score (nSPS) is 10.9. The molecule has 0 unspecified atom stereocenters. The fourth-order valence-electron chi connectivity index (χ4n) is 3.27. The summed E-state index contributed by atoms with van der Waals surface area (Å²) in [5.41, 5.74) is 3.32. The summed E-state index contributed by atoms with van der Waals surface area (Å²) in [6, 6.07) is 15.0. The van der Waals surface area contributed by atoms with Gasteiger partial charge < -0.3 is 10.1 Å². The molecule has 0 saturated carbocycles. The number of nitrogens with zero attached hydrogens (tertiary/aromatic N) is 3. The lowest BCUT2D eigenvalue weighted by molar-refractivity contribution is -0.117. The largest absolute Gasteiger partial charge is 0.497 e. The van der Waals surface area contributed by atoms with Crippen LogP contribution in [0.5, 0.6) is 5.75 Å². The van der Waals surface area contributed by atoms with E-state index in [9.17, 15) is 9.59 Å². The van der Waals surface area contributed by atoms with Gasteiger partial charge >= 0.3 is 0 Å². The molecule has 0 spiro atoms. The molecule has 0 aliphatic carbocycles. The molecule has 0 fully saturated rings. The molecule has 8 heteroatoms. The summed E-state index contributed by atoms with van der Waals surface area (Å²) >= 11 is 1.43. The fraction of sp³-hybridized carbons (Fsp3) is 0.217. The van der Waals surface area contributed by atoms with Crippen molar-refractivity contribution in [1.82, 2.24) is 14.8 Å². The maximum absolute atomic E-state index is 12.9. The topological polar surface area (TPSA) is 86.1 Å². The minimum Gasteiger partial charge on any atom is -0.497 e. The zero-order valence-electron chi connectivity index (χ0n) is 17.5. The molecular weight excluding hydrogens is 412 g/mol. The molecule has 0 atom stereocenters. The molecule has 7 nitrogen and oxygen atoms in total. The quantitative estimate of drug-likeness (QED) is 0.495. The molecule has 2 aromatic heterocycles. The molecule has 2 heterocycles. The molecule has 2 aromatic carbocycles. The molecular formula is C23H22N4O3S. The van der Waals surface area contributed by atoms with Crippen molar-refractivity contribution in [2.24, 2.45) is 0 Å². The van der Waals surface area contributed by atoms with Crippen LogP contribution in [-0.4, -0.2) is 27.8 Å². The third-order valence-corrected chi connectivity index (χ3v) is 5.89. The van der Waals surface area contributed by atoms with E-state index in [1.54, 1.807) is 31.4 Å². The van der Waals surface area contributed by atoms with E-state index in [4.69, 9.17) is 4.74 Å². The summed E-state index contributed by atoms with van der Waals surface area (Å²) in [6.07, 6.45) is 0.938. The zero-order chi connectivity index (χ0) is 22.0. The van der Waals surface area contributed by atoms with Gasteiger partial charge in [0.1, 0.15) is 18.0 Å². The van der Waals surface area contributed by atoms with Crippen molar-refractivity contribution in [2.45, 2.75) is 26.8 Å². The van der Waals surface area contributed by atoms with Crippen LogP contribution in [0.3, 0.4) is 0 Å². The van der Waals surface area contributed by atoms with E-state index in [1.807, 2.05) is 31.2 Å². The number of carbonyl (C=O) groups excluding carboxylic acids is 1. The minimum atomic E-state index is -0.377. The van der Waals surface area contributed by atoms with Crippen molar-refractivity contribution < 1.29 is 9.53 Å². The van der Waals surface area contributed by atoms with E-state index < -0.39 is 0 Å². The predicted octanol–water partition coefficient (Wildman–Crippen LogP) is 4.04. The second-order valence-electron chi connectivity index (χ2n) is 7.05. The SMILES string of the molecule is CCc1ccc(-c2nn(CC(=O)Nc3ccc(OC)cc3)c(=O)c3nc(C)sc23)cc1. The number of nitrogens with one attached hydrogen (secondary N) is 1. The number of rotatable bonds is 6. The smallest absolute Gasteiger partial charge is 0.294 e. The standard InChI is InChI=1S/C23H22N4O3S/c1-4-15-5-7-16(8-6-15)20-22-21(24-14(2)31-22)23(29)27(26-20)13-19(28)25-17-9-11-18(30-3)12-10-17/h5-12H,4,13H2,1-3H3,(H,25,28). The number of ether oxygens (including phenoxy) is 1. The highest BCUT2D eigenvalue weighted by Gasteiger charge is 2.18. The molecule has 1 amide bonds. The molecule has 1 N–H and O–H groups in total. The zero-order valence-corrected chi connectivity index (χ0v) is 18.3. The molecule has 4 aromatic rings. The van der Waals surface area contributed by atoms with Gasteiger partial charge in [0.05, 0.1) is 16.8 Å². The van der Waals surface area contributed by atoms with E-state index in [2.05, 4.69) is 22.3 Å². The first-order valence-corrected chi connectivity index (χ1v) is 10.7. The van der Waals surface area contributed by atoms with Crippen molar-refractivity contribution in [3.63, 3.8) is 0 Å². The number of aryl methyl sites for hydroxylation is 2. The average molecular weight is 435 g/mol. The van der Waals surface area contributed by atoms with Crippen molar-refractivity contribution in [1.29, 1.82) is 0 Å². The number of fused-ring (bicyclic) bond motifs is 1. The van der Waals surface area contributed by atoms with Crippen molar-refractivity contribution in [2.75, 3.05) is 12.4 Å². The van der Waals surface area contributed by atoms with E-state index in [0.717, 1.165) is 21.7 Å². The number of aromatic nitrogens is 3. The first kappa shape index (κ1) is 20.7. The lowest BCUT2D eigenvalue weighted by Gasteiger charge is -2.10. The Hall–Kier alpha value is -3.52. The molecule has 158 valence electrons. The Morgan fingerprint density at radius 1 is 1.13 bits per heavy atom. The number of thiazole rings is 1. The van der Waals surface area contributed by atoms with Gasteiger partial charge in [0.25, 0.3) is 5.56 Å². The van der Waals surface area contributed by atoms with Crippen LogP contribution < -0.4 is 15.6 Å². The molecule has 0 radical (unpaired) electrons. The highest BCUT2D eigenvalue weighted by molar-refractivity contribution is 7.19. The maximum atomic E-state index is 12.9. The highest BCUT2D eigenvalue weighted by Crippen LogP contribution is 2.29. The lowest BCUT2D eigenvalue weighted by atomic mass is 10.1. The Bertz CT molecular complexity index is 1290. The molecule has 0 bridgehead atoms. The van der Waals surface area contributed by atoms with Gasteiger partial charge in [-0.05, 0) is 43.2 Å². The molecule has 31 heavy (non-hydrogen) atoms. The van der Waals surface area contributed by atoms with Crippen molar-refractivity contribution in [3.05, 3.63) is 69.5 Å². The summed E-state index contributed by atoms with van der Waals surface area (Å²) in [4.78, 5) is 29.9. The van der Waals surface area contributed by atoms with Gasteiger partial charge in [0.2, 0.25) is 5.91 Å². The Morgan fingerprint density at radius 3 is 2.48 bits per heavy atom. The van der Waals surface area contributed by atoms with E-state index in [1.165, 1.54) is 21.6 Å². The molecule has 0 aliphatic heterocycles. The first-order valence-electron chi connectivity index (χ1n) is 9.90. The van der Waals surface area contributed by atoms with Crippen LogP contribution in [0.15, 0.2) is 53.3 Å². The third-order valence-electron chi connectivity index (χ3n) is 4.91. The van der Waals surface area contributed by atoms with Crippen LogP contribution in [0.25, 0.3) is 21.5 Å². The Kier molecular flexibility index (Phi) is 5.81. The number of benzene rings is 2. The van der Waals surface area contributed by atoms with Crippen LogP contribution in [0.1, 0.15) is 17.5 Å². The van der Waals surface area contributed by atoms with Crippen LogP contribution >= 0.6 is 11.3 Å². The second kappa shape index (κ2) is 8.69. The summed E-state index contributed by atoms with van der Waals surface area (Å²) in [7, 11) is 1.58. The van der Waals surface area contributed by atoms with Gasteiger partial charge in [0, 0.05) is 11.3 Å². The lowest BCUT2D eigenvalue weighted by Crippen LogP contribution is -2.30. The first-order chi connectivity index (χ1) is 15.0. The van der Waals surface area contributed by atoms with Gasteiger partial charge in [-0.3, -0.25) is 9.59 Å². The number of methoxy groups -OCH3 is 1. The summed E-state index contributed by atoms with van der Waals surface area (Å²) in [5.74, 6) is 0.345. The molecule has 0 saturated heterocycles. The minimum absolute atomic E-state index is 0.211. The van der Waals surface area contributed by atoms with Crippen LogP contribution in [-0.2, 0) is 17.8 Å².